The van der Waals surface area contributed by atoms with Crippen LogP contribution < -0.4 is 9.62 Å². The zero-order chi connectivity index (χ0) is 21.0. The quantitative estimate of drug-likeness (QED) is 0.500. The maximum atomic E-state index is 13.3. The second-order valence-corrected chi connectivity index (χ2v) is 9.10. The molecular weight excluding hydrogens is 431 g/mol. The third kappa shape index (κ3) is 5.03. The Hall–Kier alpha value is -2.25. The molecule has 3 aromatic carbocycles. The summed E-state index contributed by atoms with van der Waals surface area (Å²) in [6.07, 6.45) is -1.18. The molecule has 0 fully saturated rings. The van der Waals surface area contributed by atoms with Gasteiger partial charge >= 0.3 is 0 Å². The molecule has 2 N–H and O–H groups in total. The predicted octanol–water partition coefficient (Wildman–Crippen LogP) is 4.93. The first kappa shape index (κ1) is 21.5. The van der Waals surface area contributed by atoms with Crippen LogP contribution in [0.5, 0.6) is 0 Å². The van der Waals surface area contributed by atoms with E-state index in [4.69, 9.17) is 23.2 Å². The molecule has 0 radical (unpaired) electrons. The van der Waals surface area contributed by atoms with Crippen molar-refractivity contribution in [2.24, 2.45) is 0 Å². The van der Waals surface area contributed by atoms with E-state index in [-0.39, 0.29) is 11.4 Å². The minimum absolute atomic E-state index is 0.126. The Morgan fingerprint density at radius 3 is 2.28 bits per heavy atom. The van der Waals surface area contributed by atoms with Crippen LogP contribution in [-0.2, 0) is 10.0 Å². The Morgan fingerprint density at radius 2 is 1.62 bits per heavy atom. The van der Waals surface area contributed by atoms with Gasteiger partial charge in [0.05, 0.1) is 17.1 Å². The third-order valence-corrected chi connectivity index (χ3v) is 6.84. The predicted molar refractivity (Wildman–Crippen MR) is 118 cm³/mol. The lowest BCUT2D eigenvalue weighted by Crippen LogP contribution is -2.40. The highest BCUT2D eigenvalue weighted by molar-refractivity contribution is 7.92. The number of nitrogens with zero attached hydrogens (tertiary/aromatic N) is 1. The number of sulfonamides is 1. The maximum Gasteiger partial charge on any atom is 0.264 e. The molecule has 3 aromatic rings. The summed E-state index contributed by atoms with van der Waals surface area (Å²) >= 11 is 12.1. The number of anilines is 2. The van der Waals surface area contributed by atoms with Gasteiger partial charge in [-0.3, -0.25) is 4.31 Å². The van der Waals surface area contributed by atoms with E-state index in [1.807, 2.05) is 6.92 Å². The zero-order valence-corrected chi connectivity index (χ0v) is 17.9. The summed E-state index contributed by atoms with van der Waals surface area (Å²) in [5.74, 6) is 0. The van der Waals surface area contributed by atoms with E-state index in [1.54, 1.807) is 60.7 Å². The van der Waals surface area contributed by atoms with Crippen LogP contribution >= 0.6 is 23.2 Å². The van der Waals surface area contributed by atoms with Gasteiger partial charge in [0.25, 0.3) is 10.0 Å². The fourth-order valence-corrected chi connectivity index (χ4v) is 4.61. The summed E-state index contributed by atoms with van der Waals surface area (Å²) < 4.78 is 27.7. The van der Waals surface area contributed by atoms with Gasteiger partial charge in [0, 0.05) is 15.7 Å². The van der Waals surface area contributed by atoms with Gasteiger partial charge in [0.2, 0.25) is 0 Å². The summed E-state index contributed by atoms with van der Waals surface area (Å²) in [4.78, 5) is 0.126. The summed E-state index contributed by atoms with van der Waals surface area (Å²) in [5.41, 5.74) is 1.78. The molecule has 0 heterocycles. The molecule has 0 spiro atoms. The average molecular weight is 451 g/mol. The van der Waals surface area contributed by atoms with Crippen molar-refractivity contribution >= 4 is 44.6 Å². The molecule has 1 atom stereocenters. The van der Waals surface area contributed by atoms with Crippen molar-refractivity contribution in [1.82, 2.24) is 0 Å². The van der Waals surface area contributed by atoms with E-state index >= 15 is 0 Å². The molecule has 5 nitrogen and oxygen atoms in total. The van der Waals surface area contributed by atoms with Gasteiger partial charge in [-0.1, -0.05) is 47.5 Å². The zero-order valence-electron chi connectivity index (χ0n) is 15.6. The molecule has 29 heavy (non-hydrogen) atoms. The van der Waals surface area contributed by atoms with Crippen LogP contribution in [0.3, 0.4) is 0 Å². The summed E-state index contributed by atoms with van der Waals surface area (Å²) in [7, 11) is -3.91. The first-order chi connectivity index (χ1) is 13.8. The Morgan fingerprint density at radius 1 is 0.966 bits per heavy atom. The van der Waals surface area contributed by atoms with Crippen LogP contribution in [0.15, 0.2) is 77.7 Å². The summed E-state index contributed by atoms with van der Waals surface area (Å²) in [6, 6.07) is 19.7. The van der Waals surface area contributed by atoms with E-state index in [0.717, 1.165) is 9.87 Å². The first-order valence-corrected chi connectivity index (χ1v) is 11.0. The Bertz CT molecular complexity index is 1070. The second kappa shape index (κ2) is 9.05. The van der Waals surface area contributed by atoms with Crippen molar-refractivity contribution < 1.29 is 13.5 Å². The number of benzene rings is 3. The van der Waals surface area contributed by atoms with Crippen LogP contribution in [-0.4, -0.2) is 26.3 Å². The lowest BCUT2D eigenvalue weighted by atomic mass is 10.2. The molecule has 3 rings (SSSR count). The van der Waals surface area contributed by atoms with Crippen molar-refractivity contribution in [1.29, 1.82) is 0 Å². The molecule has 1 unspecified atom stereocenters. The van der Waals surface area contributed by atoms with Gasteiger partial charge < -0.3 is 10.4 Å². The molecule has 0 aliphatic carbocycles. The fraction of sp³-hybridized carbons (Fsp3) is 0.143. The van der Waals surface area contributed by atoms with E-state index in [9.17, 15) is 13.5 Å². The summed E-state index contributed by atoms with van der Waals surface area (Å²) in [5, 5.41) is 14.6. The molecule has 152 valence electrons. The number of hydrogen-bond acceptors (Lipinski definition) is 4. The highest BCUT2D eigenvalue weighted by Gasteiger charge is 2.27. The van der Waals surface area contributed by atoms with Gasteiger partial charge in [-0.2, -0.15) is 0 Å². The third-order valence-electron chi connectivity index (χ3n) is 4.37. The van der Waals surface area contributed by atoms with Crippen LogP contribution in [0, 0.1) is 6.92 Å². The number of halogens is 2. The minimum atomic E-state index is -3.91. The van der Waals surface area contributed by atoms with Crippen LogP contribution in [0.4, 0.5) is 11.4 Å². The van der Waals surface area contributed by atoms with Gasteiger partial charge in [-0.15, -0.1) is 0 Å². The Labute approximate surface area is 180 Å². The normalized spacial score (nSPS) is 12.4. The van der Waals surface area contributed by atoms with Crippen molar-refractivity contribution in [3.63, 3.8) is 0 Å². The number of aliphatic hydroxyl groups is 1. The van der Waals surface area contributed by atoms with Crippen molar-refractivity contribution in [3.8, 4) is 0 Å². The van der Waals surface area contributed by atoms with Crippen molar-refractivity contribution in [3.05, 3.63) is 88.4 Å². The average Bonchev–Trinajstić information content (AvgIpc) is 2.71. The van der Waals surface area contributed by atoms with Crippen molar-refractivity contribution in [2.75, 3.05) is 16.2 Å². The van der Waals surface area contributed by atoms with E-state index in [2.05, 4.69) is 5.32 Å². The number of hydrogen-bond donors (Lipinski definition) is 2. The second-order valence-electron chi connectivity index (χ2n) is 6.40. The molecule has 0 aliphatic heterocycles. The number of nitrogens with one attached hydrogen (secondary N) is 1. The van der Waals surface area contributed by atoms with Gasteiger partial charge in [-0.25, -0.2) is 8.42 Å². The molecular formula is C21H20Cl2N2O3S. The Kier molecular flexibility index (Phi) is 6.70. The van der Waals surface area contributed by atoms with E-state index in [1.165, 1.54) is 12.1 Å². The molecule has 0 aliphatic rings. The molecule has 0 amide bonds. The molecule has 0 saturated carbocycles. The van der Waals surface area contributed by atoms with Crippen LogP contribution in [0.25, 0.3) is 0 Å². The molecule has 8 heteroatoms. The molecule has 0 bridgehead atoms. The standard InChI is InChI=1S/C21H20Cl2N2O3S/c1-15-19(23)8-5-9-20(15)24-21(26)14-25(17-12-10-16(22)11-13-17)29(27,28)18-6-3-2-4-7-18/h2-13,21,24,26H,14H2,1H3. The van der Waals surface area contributed by atoms with Gasteiger partial charge in [0.1, 0.15) is 6.23 Å². The molecule has 0 saturated heterocycles. The summed E-state index contributed by atoms with van der Waals surface area (Å²) in [6.45, 7) is 1.60. The van der Waals surface area contributed by atoms with Crippen molar-refractivity contribution in [2.45, 2.75) is 18.0 Å². The van der Waals surface area contributed by atoms with Crippen LogP contribution in [0.1, 0.15) is 5.56 Å². The SMILES string of the molecule is Cc1c(Cl)cccc1NC(O)CN(c1ccc(Cl)cc1)S(=O)(=O)c1ccccc1. The minimum Gasteiger partial charge on any atom is -0.372 e. The highest BCUT2D eigenvalue weighted by atomic mass is 35.5. The van der Waals surface area contributed by atoms with E-state index < -0.39 is 16.3 Å². The first-order valence-electron chi connectivity index (χ1n) is 8.82. The fourth-order valence-electron chi connectivity index (χ4n) is 2.82. The smallest absolute Gasteiger partial charge is 0.264 e. The van der Waals surface area contributed by atoms with Gasteiger partial charge in [-0.05, 0) is 61.0 Å². The maximum absolute atomic E-state index is 13.3. The monoisotopic (exact) mass is 450 g/mol. The number of rotatable bonds is 7. The van der Waals surface area contributed by atoms with Crippen LogP contribution in [0.2, 0.25) is 10.0 Å². The molecule has 0 aromatic heterocycles. The topological polar surface area (TPSA) is 69.6 Å². The largest absolute Gasteiger partial charge is 0.372 e. The lowest BCUT2D eigenvalue weighted by molar-refractivity contribution is 0.212. The Balaban J connectivity index is 1.93. The lowest BCUT2D eigenvalue weighted by Gasteiger charge is -2.28. The van der Waals surface area contributed by atoms with Gasteiger partial charge in [0.15, 0.2) is 0 Å². The number of aliphatic hydroxyl groups excluding tert-OH is 1. The van der Waals surface area contributed by atoms with E-state index in [0.29, 0.717) is 21.4 Å². The highest BCUT2D eigenvalue weighted by Crippen LogP contribution is 2.27.